The van der Waals surface area contributed by atoms with E-state index < -0.39 is 30.3 Å². The van der Waals surface area contributed by atoms with Gasteiger partial charge in [0.2, 0.25) is 0 Å². The summed E-state index contributed by atoms with van der Waals surface area (Å²) >= 11 is 3.29. The van der Waals surface area contributed by atoms with E-state index in [0.717, 1.165) is 22.3 Å². The van der Waals surface area contributed by atoms with Crippen LogP contribution in [0.5, 0.6) is 0 Å². The third-order valence-corrected chi connectivity index (χ3v) is 6.07. The second-order valence-electron chi connectivity index (χ2n) is 7.29. The van der Waals surface area contributed by atoms with Crippen molar-refractivity contribution in [2.24, 2.45) is 0 Å². The third-order valence-electron chi connectivity index (χ3n) is 5.35. The number of hydrogen-bond donors (Lipinski definition) is 2. The Morgan fingerprint density at radius 1 is 1.03 bits per heavy atom. The smallest absolute Gasteiger partial charge is 0.407 e. The molecule has 3 aromatic carbocycles. The van der Waals surface area contributed by atoms with Crippen LogP contribution in [0.3, 0.4) is 0 Å². The summed E-state index contributed by atoms with van der Waals surface area (Å²) in [6.45, 7) is 0.101. The fourth-order valence-corrected chi connectivity index (χ4v) is 4.50. The Morgan fingerprint density at radius 3 is 2.26 bits per heavy atom. The highest BCUT2D eigenvalue weighted by Crippen LogP contribution is 2.44. The van der Waals surface area contributed by atoms with Gasteiger partial charge in [0, 0.05) is 10.4 Å². The topological polar surface area (TPSA) is 75.6 Å². The molecule has 0 saturated heterocycles. The maximum atomic E-state index is 13.7. The van der Waals surface area contributed by atoms with E-state index in [-0.39, 0.29) is 12.5 Å². The van der Waals surface area contributed by atoms with Crippen LogP contribution in [-0.2, 0) is 9.53 Å². The summed E-state index contributed by atoms with van der Waals surface area (Å²) in [6, 6.07) is 18.9. The van der Waals surface area contributed by atoms with Gasteiger partial charge in [0.1, 0.15) is 12.4 Å². The number of carboxylic acid groups (broad SMARTS) is 1. The Labute approximate surface area is 187 Å². The summed E-state index contributed by atoms with van der Waals surface area (Å²) in [4.78, 5) is 23.9. The zero-order valence-corrected chi connectivity index (χ0v) is 17.9. The lowest BCUT2D eigenvalue weighted by atomic mass is 9.98. The third kappa shape index (κ3) is 4.46. The van der Waals surface area contributed by atoms with Gasteiger partial charge in [-0.2, -0.15) is 0 Å². The summed E-state index contributed by atoms with van der Waals surface area (Å²) in [5.41, 5.74) is 4.70. The second kappa shape index (κ2) is 8.89. The van der Waals surface area contributed by atoms with Gasteiger partial charge in [0.15, 0.2) is 0 Å². The highest BCUT2D eigenvalue weighted by atomic mass is 79.9. The molecular weight excluding hydrogens is 465 g/mol. The SMILES string of the molecule is O=C(O)CC(NC(=O)OCC1c2ccccc2-c2ccccc21)c1cc(F)ccc1Br. The number of alkyl carbamates (subject to hydrolysis) is 1. The largest absolute Gasteiger partial charge is 0.481 e. The normalized spacial score (nSPS) is 13.2. The minimum atomic E-state index is -1.12. The molecule has 158 valence electrons. The Kier molecular flexibility index (Phi) is 6.04. The second-order valence-corrected chi connectivity index (χ2v) is 8.14. The van der Waals surface area contributed by atoms with Crippen molar-refractivity contribution in [2.75, 3.05) is 6.61 Å². The molecule has 31 heavy (non-hydrogen) atoms. The van der Waals surface area contributed by atoms with E-state index in [1.165, 1.54) is 18.2 Å². The molecule has 0 aromatic heterocycles. The first-order valence-corrected chi connectivity index (χ1v) is 10.5. The van der Waals surface area contributed by atoms with Gasteiger partial charge in [-0.3, -0.25) is 4.79 Å². The minimum Gasteiger partial charge on any atom is -0.481 e. The molecule has 0 saturated carbocycles. The molecule has 0 heterocycles. The Balaban J connectivity index is 1.50. The van der Waals surface area contributed by atoms with Gasteiger partial charge in [-0.1, -0.05) is 64.5 Å². The van der Waals surface area contributed by atoms with Crippen molar-refractivity contribution in [3.63, 3.8) is 0 Å². The Morgan fingerprint density at radius 2 is 1.65 bits per heavy atom. The van der Waals surface area contributed by atoms with Crippen LogP contribution in [0.15, 0.2) is 71.2 Å². The first-order valence-electron chi connectivity index (χ1n) is 9.72. The van der Waals surface area contributed by atoms with Gasteiger partial charge in [-0.25, -0.2) is 9.18 Å². The monoisotopic (exact) mass is 483 g/mol. The number of fused-ring (bicyclic) bond motifs is 3. The fraction of sp³-hybridized carbons (Fsp3) is 0.167. The quantitative estimate of drug-likeness (QED) is 0.475. The fourth-order valence-electron chi connectivity index (χ4n) is 3.98. The molecule has 1 aliphatic rings. The van der Waals surface area contributed by atoms with E-state index in [2.05, 4.69) is 21.2 Å². The van der Waals surface area contributed by atoms with E-state index in [0.29, 0.717) is 10.0 Å². The summed E-state index contributed by atoms with van der Waals surface area (Å²) in [7, 11) is 0. The van der Waals surface area contributed by atoms with Gasteiger partial charge >= 0.3 is 12.1 Å². The number of aliphatic carboxylic acids is 1. The average molecular weight is 484 g/mol. The number of rotatable bonds is 6. The maximum absolute atomic E-state index is 13.7. The number of amides is 1. The highest BCUT2D eigenvalue weighted by molar-refractivity contribution is 9.10. The van der Waals surface area contributed by atoms with Crippen molar-refractivity contribution >= 4 is 28.0 Å². The van der Waals surface area contributed by atoms with Crippen LogP contribution >= 0.6 is 15.9 Å². The molecule has 0 aliphatic heterocycles. The number of ether oxygens (including phenoxy) is 1. The number of carbonyl (C=O) groups excluding carboxylic acids is 1. The zero-order chi connectivity index (χ0) is 22.0. The van der Waals surface area contributed by atoms with Gasteiger partial charge in [0.05, 0.1) is 12.5 Å². The van der Waals surface area contributed by atoms with Crippen LogP contribution < -0.4 is 5.32 Å². The van der Waals surface area contributed by atoms with Crippen LogP contribution in [0.1, 0.15) is 35.1 Å². The van der Waals surface area contributed by atoms with Gasteiger partial charge < -0.3 is 15.2 Å². The molecule has 0 spiro atoms. The van der Waals surface area contributed by atoms with E-state index in [4.69, 9.17) is 4.74 Å². The molecule has 1 atom stereocenters. The molecule has 2 N–H and O–H groups in total. The van der Waals surface area contributed by atoms with Crippen LogP contribution in [0.2, 0.25) is 0 Å². The Hall–Kier alpha value is -3.19. The lowest BCUT2D eigenvalue weighted by Crippen LogP contribution is -2.32. The summed E-state index contributed by atoms with van der Waals surface area (Å²) in [5.74, 6) is -1.76. The standard InChI is InChI=1S/C24H19BrFNO4/c25-21-10-9-14(26)11-19(21)22(12-23(28)29)27-24(30)31-13-20-17-7-3-1-5-15(17)16-6-2-4-8-18(16)20/h1-11,20,22H,12-13H2,(H,27,30)(H,28,29). The predicted octanol–water partition coefficient (Wildman–Crippen LogP) is 5.64. The summed E-state index contributed by atoms with van der Waals surface area (Å²) < 4.78 is 19.7. The van der Waals surface area contributed by atoms with Gasteiger partial charge in [0.25, 0.3) is 0 Å². The lowest BCUT2D eigenvalue weighted by molar-refractivity contribution is -0.137. The number of benzene rings is 3. The van der Waals surface area contributed by atoms with Crippen molar-refractivity contribution in [3.8, 4) is 11.1 Å². The van der Waals surface area contributed by atoms with Crippen molar-refractivity contribution < 1.29 is 23.8 Å². The van der Waals surface area contributed by atoms with Gasteiger partial charge in [-0.15, -0.1) is 0 Å². The molecule has 0 fully saturated rings. The van der Waals surface area contributed by atoms with Crippen LogP contribution in [-0.4, -0.2) is 23.8 Å². The first-order chi connectivity index (χ1) is 14.9. The van der Waals surface area contributed by atoms with Crippen molar-refractivity contribution in [1.82, 2.24) is 5.32 Å². The van der Waals surface area contributed by atoms with Gasteiger partial charge in [-0.05, 0) is 46.0 Å². The zero-order valence-electron chi connectivity index (χ0n) is 16.3. The van der Waals surface area contributed by atoms with E-state index in [1.54, 1.807) is 0 Å². The van der Waals surface area contributed by atoms with E-state index in [9.17, 15) is 19.1 Å². The molecule has 5 nitrogen and oxygen atoms in total. The lowest BCUT2D eigenvalue weighted by Gasteiger charge is -2.20. The maximum Gasteiger partial charge on any atom is 0.407 e. The van der Waals surface area contributed by atoms with E-state index in [1.807, 2.05) is 48.5 Å². The van der Waals surface area contributed by atoms with Crippen molar-refractivity contribution in [1.29, 1.82) is 0 Å². The Bertz CT molecular complexity index is 1100. The van der Waals surface area contributed by atoms with Crippen LogP contribution in [0.4, 0.5) is 9.18 Å². The summed E-state index contributed by atoms with van der Waals surface area (Å²) in [5, 5.41) is 11.8. The molecule has 7 heteroatoms. The molecule has 0 radical (unpaired) electrons. The molecule has 1 unspecified atom stereocenters. The highest BCUT2D eigenvalue weighted by Gasteiger charge is 2.29. The molecule has 1 amide bonds. The number of hydrogen-bond acceptors (Lipinski definition) is 3. The van der Waals surface area contributed by atoms with Crippen LogP contribution in [0, 0.1) is 5.82 Å². The van der Waals surface area contributed by atoms with Crippen molar-refractivity contribution in [3.05, 3.63) is 93.7 Å². The number of carboxylic acids is 1. The molecular formula is C24H19BrFNO4. The van der Waals surface area contributed by atoms with E-state index >= 15 is 0 Å². The number of halogens is 2. The number of nitrogens with one attached hydrogen (secondary N) is 1. The van der Waals surface area contributed by atoms with Crippen molar-refractivity contribution in [2.45, 2.75) is 18.4 Å². The minimum absolute atomic E-state index is 0.101. The molecule has 4 rings (SSSR count). The predicted molar refractivity (Wildman–Crippen MR) is 117 cm³/mol. The van der Waals surface area contributed by atoms with Crippen LogP contribution in [0.25, 0.3) is 11.1 Å². The summed E-state index contributed by atoms with van der Waals surface area (Å²) in [6.07, 6.45) is -1.17. The first kappa shape index (κ1) is 21.1. The molecule has 0 bridgehead atoms. The molecule has 1 aliphatic carbocycles. The number of carbonyl (C=O) groups is 2. The average Bonchev–Trinajstić information content (AvgIpc) is 3.07. The molecule has 3 aromatic rings.